The summed E-state index contributed by atoms with van der Waals surface area (Å²) in [5.74, 6) is -0.0801. The van der Waals surface area contributed by atoms with Crippen molar-refractivity contribution in [2.45, 2.75) is 50.2 Å². The maximum Gasteiger partial charge on any atom is 0.265 e. The molecule has 0 fully saturated rings. The minimum absolute atomic E-state index is 0.0430. The lowest BCUT2D eigenvalue weighted by Gasteiger charge is -2.35. The van der Waals surface area contributed by atoms with E-state index in [1.807, 2.05) is 51.1 Å². The van der Waals surface area contributed by atoms with E-state index in [0.717, 1.165) is 9.87 Å². The molecule has 0 heterocycles. The van der Waals surface area contributed by atoms with E-state index in [-0.39, 0.29) is 35.0 Å². The van der Waals surface area contributed by atoms with Crippen LogP contribution in [-0.4, -0.2) is 71.7 Å². The van der Waals surface area contributed by atoms with E-state index in [9.17, 15) is 18.0 Å². The van der Waals surface area contributed by atoms with Crippen LogP contribution in [0, 0.1) is 0 Å². The zero-order valence-corrected chi connectivity index (χ0v) is 31.4. The molecular formula is C38H44ClN3O8S. The van der Waals surface area contributed by atoms with Crippen molar-refractivity contribution in [2.75, 3.05) is 39.3 Å². The highest BCUT2D eigenvalue weighted by Gasteiger charge is 2.37. The Hall–Kier alpha value is -4.94. The fourth-order valence-corrected chi connectivity index (χ4v) is 7.09. The van der Waals surface area contributed by atoms with Gasteiger partial charge in [-0.2, -0.15) is 0 Å². The summed E-state index contributed by atoms with van der Waals surface area (Å²) in [5, 5.41) is 3.46. The number of carbonyl (C=O) groups is 2. The molecule has 0 saturated carbocycles. The third-order valence-electron chi connectivity index (χ3n) is 7.89. The van der Waals surface area contributed by atoms with Gasteiger partial charge in [-0.05, 0) is 68.3 Å². The molecule has 0 radical (unpaired) electrons. The first-order valence-corrected chi connectivity index (χ1v) is 17.9. The average molecular weight is 738 g/mol. The molecule has 0 bridgehead atoms. The van der Waals surface area contributed by atoms with E-state index in [2.05, 4.69) is 5.32 Å². The lowest BCUT2D eigenvalue weighted by atomic mass is 10.0. The molecule has 0 aliphatic rings. The van der Waals surface area contributed by atoms with Gasteiger partial charge in [0.1, 0.15) is 24.1 Å². The number of hydrogen-bond donors (Lipinski definition) is 1. The second-order valence-electron chi connectivity index (χ2n) is 12.7. The largest absolute Gasteiger partial charge is 0.497 e. The Morgan fingerprint density at radius 2 is 1.41 bits per heavy atom. The van der Waals surface area contributed by atoms with Gasteiger partial charge >= 0.3 is 0 Å². The summed E-state index contributed by atoms with van der Waals surface area (Å²) in [6, 6.07) is 24.0. The lowest BCUT2D eigenvalue weighted by molar-refractivity contribution is -0.140. The van der Waals surface area contributed by atoms with Crippen molar-refractivity contribution in [1.29, 1.82) is 0 Å². The number of methoxy groups -OCH3 is 4. The molecule has 11 nitrogen and oxygen atoms in total. The number of nitrogens with one attached hydrogen (secondary N) is 1. The summed E-state index contributed by atoms with van der Waals surface area (Å²) in [7, 11) is 1.15. The van der Waals surface area contributed by atoms with Crippen LogP contribution in [-0.2, 0) is 32.6 Å². The fraction of sp³-hybridized carbons (Fsp3) is 0.316. The number of benzene rings is 4. The lowest BCUT2D eigenvalue weighted by Crippen LogP contribution is -2.56. The van der Waals surface area contributed by atoms with Crippen LogP contribution in [0.15, 0.2) is 95.9 Å². The monoisotopic (exact) mass is 737 g/mol. The summed E-state index contributed by atoms with van der Waals surface area (Å²) in [4.78, 5) is 30.2. The molecule has 4 aromatic carbocycles. The quantitative estimate of drug-likeness (QED) is 0.155. The molecule has 2 amide bonds. The molecule has 1 N–H and O–H groups in total. The molecule has 4 rings (SSSR count). The van der Waals surface area contributed by atoms with Crippen LogP contribution in [0.3, 0.4) is 0 Å². The minimum Gasteiger partial charge on any atom is -0.497 e. The maximum absolute atomic E-state index is 14.9. The molecule has 0 spiro atoms. The number of sulfonamides is 1. The molecule has 0 aliphatic carbocycles. The van der Waals surface area contributed by atoms with Gasteiger partial charge in [-0.3, -0.25) is 13.9 Å². The number of anilines is 1. The third kappa shape index (κ3) is 9.86. The molecule has 0 aromatic heterocycles. The van der Waals surface area contributed by atoms with Gasteiger partial charge in [-0.1, -0.05) is 54.1 Å². The minimum atomic E-state index is -4.52. The summed E-state index contributed by atoms with van der Waals surface area (Å²) in [5.41, 5.74) is 0.861. The molecular weight excluding hydrogens is 694 g/mol. The number of halogens is 1. The van der Waals surface area contributed by atoms with Crippen LogP contribution in [0.1, 0.15) is 31.9 Å². The molecule has 13 heteroatoms. The van der Waals surface area contributed by atoms with E-state index in [0.29, 0.717) is 22.1 Å². The molecule has 4 aromatic rings. The second-order valence-corrected chi connectivity index (χ2v) is 15.0. The van der Waals surface area contributed by atoms with Crippen molar-refractivity contribution in [2.24, 2.45) is 0 Å². The van der Waals surface area contributed by atoms with Gasteiger partial charge in [0.15, 0.2) is 11.5 Å². The Labute approximate surface area is 305 Å². The number of rotatable bonds is 15. The van der Waals surface area contributed by atoms with E-state index >= 15 is 0 Å². The number of carbonyl (C=O) groups excluding carboxylic acids is 2. The molecule has 51 heavy (non-hydrogen) atoms. The van der Waals surface area contributed by atoms with Crippen LogP contribution >= 0.6 is 11.6 Å². The molecule has 0 unspecified atom stereocenters. The van der Waals surface area contributed by atoms with E-state index < -0.39 is 40.0 Å². The van der Waals surface area contributed by atoms with Crippen LogP contribution in [0.4, 0.5) is 5.69 Å². The number of hydrogen-bond acceptors (Lipinski definition) is 8. The highest BCUT2D eigenvalue weighted by Crippen LogP contribution is 2.38. The van der Waals surface area contributed by atoms with Crippen molar-refractivity contribution in [3.63, 3.8) is 0 Å². The van der Waals surface area contributed by atoms with Gasteiger partial charge in [-0.15, -0.1) is 0 Å². The highest BCUT2D eigenvalue weighted by molar-refractivity contribution is 7.92. The first-order chi connectivity index (χ1) is 24.2. The van der Waals surface area contributed by atoms with Crippen molar-refractivity contribution < 1.29 is 37.0 Å². The van der Waals surface area contributed by atoms with Crippen LogP contribution in [0.25, 0.3) is 0 Å². The molecule has 0 saturated heterocycles. The summed E-state index contributed by atoms with van der Waals surface area (Å²) in [6.07, 6.45) is 0.153. The number of ether oxygens (including phenoxy) is 4. The summed E-state index contributed by atoms with van der Waals surface area (Å²) in [6.45, 7) is 4.78. The average Bonchev–Trinajstić information content (AvgIpc) is 3.10. The second kappa shape index (κ2) is 16.8. The molecule has 0 aliphatic heterocycles. The van der Waals surface area contributed by atoms with Crippen molar-refractivity contribution in [3.05, 3.63) is 107 Å². The maximum atomic E-state index is 14.9. The topological polar surface area (TPSA) is 124 Å². The number of nitrogens with zero attached hydrogens (tertiary/aromatic N) is 2. The SMILES string of the molecule is COc1ccc(OC)c(N(CC(=O)N(Cc2cccc(Cl)c2)[C@H](Cc2ccccc2)C(=O)NC(C)(C)C)S(=O)(=O)c2ccc(OC)c(OC)c2)c1. The Morgan fingerprint density at radius 1 is 0.765 bits per heavy atom. The normalized spacial score (nSPS) is 12.0. The van der Waals surface area contributed by atoms with Gasteiger partial charge in [0.2, 0.25) is 11.8 Å². The van der Waals surface area contributed by atoms with Crippen molar-refractivity contribution in [3.8, 4) is 23.0 Å². The Balaban J connectivity index is 1.91. The van der Waals surface area contributed by atoms with Gasteiger partial charge in [0, 0.05) is 35.7 Å². The van der Waals surface area contributed by atoms with Crippen LogP contribution in [0.2, 0.25) is 5.02 Å². The third-order valence-corrected chi connectivity index (χ3v) is 9.88. The van der Waals surface area contributed by atoms with Crippen LogP contribution < -0.4 is 28.6 Å². The van der Waals surface area contributed by atoms with Crippen molar-refractivity contribution in [1.82, 2.24) is 10.2 Å². The Kier molecular flexibility index (Phi) is 12.8. The number of amides is 2. The smallest absolute Gasteiger partial charge is 0.265 e. The zero-order chi connectivity index (χ0) is 37.3. The fourth-order valence-electron chi connectivity index (χ4n) is 5.45. The van der Waals surface area contributed by atoms with Gasteiger partial charge < -0.3 is 29.2 Å². The van der Waals surface area contributed by atoms with Gasteiger partial charge in [-0.25, -0.2) is 8.42 Å². The summed E-state index contributed by atoms with van der Waals surface area (Å²) < 4.78 is 52.1. The van der Waals surface area contributed by atoms with Gasteiger partial charge in [0.05, 0.1) is 39.0 Å². The standard InChI is InChI=1S/C38H44ClN3O8S/c1-38(2,3)40-37(44)32(21-26-12-9-8-10-13-26)41(24-27-14-11-15-28(39)20-27)36(43)25-42(31-22-29(47-4)16-18-33(31)48-5)51(45,46)30-17-19-34(49-6)35(23-30)50-7/h8-20,22-23,32H,21,24-25H2,1-7H3,(H,40,44)/t32-/m1/s1. The zero-order valence-electron chi connectivity index (χ0n) is 29.8. The predicted molar refractivity (Wildman–Crippen MR) is 197 cm³/mol. The van der Waals surface area contributed by atoms with Crippen molar-refractivity contribution >= 4 is 39.1 Å². The van der Waals surface area contributed by atoms with E-state index in [1.54, 1.807) is 36.4 Å². The van der Waals surface area contributed by atoms with Crippen LogP contribution in [0.5, 0.6) is 23.0 Å². The summed E-state index contributed by atoms with van der Waals surface area (Å²) >= 11 is 6.35. The molecule has 1 atom stereocenters. The highest BCUT2D eigenvalue weighted by atomic mass is 35.5. The first kappa shape index (κ1) is 38.9. The van der Waals surface area contributed by atoms with E-state index in [1.165, 1.54) is 57.6 Å². The van der Waals surface area contributed by atoms with Gasteiger partial charge in [0.25, 0.3) is 10.0 Å². The first-order valence-electron chi connectivity index (χ1n) is 16.1. The Morgan fingerprint density at radius 3 is 2.02 bits per heavy atom. The van der Waals surface area contributed by atoms with E-state index in [4.69, 9.17) is 30.5 Å². The molecule has 272 valence electrons. The predicted octanol–water partition coefficient (Wildman–Crippen LogP) is 6.12. The Bertz CT molecular complexity index is 1930.